The Bertz CT molecular complexity index is 175. The second-order valence-electron chi connectivity index (χ2n) is 4.51. The summed E-state index contributed by atoms with van der Waals surface area (Å²) < 4.78 is 5.09. The van der Waals surface area contributed by atoms with Crippen LogP contribution in [0.25, 0.3) is 0 Å². The minimum Gasteiger partial charge on any atom is -0.459 e. The van der Waals surface area contributed by atoms with Crippen LogP contribution in [0.3, 0.4) is 0 Å². The van der Waals surface area contributed by atoms with Crippen molar-refractivity contribution in [2.24, 2.45) is 5.92 Å². The Balaban J connectivity index is 3.55. The van der Waals surface area contributed by atoms with Crippen LogP contribution in [0.15, 0.2) is 0 Å². The number of carbonyl (C=O) groups excluding carboxylic acids is 1. The minimum atomic E-state index is -0.429. The summed E-state index contributed by atoms with van der Waals surface area (Å²) in [6, 6.07) is 0. The molecule has 1 atom stereocenters. The molecule has 0 radical (unpaired) electrons. The van der Waals surface area contributed by atoms with Crippen LogP contribution in [-0.2, 0) is 9.53 Å². The summed E-state index contributed by atoms with van der Waals surface area (Å²) in [6.07, 6.45) is 0. The van der Waals surface area contributed by atoms with Crippen LogP contribution < -0.4 is 5.32 Å². The summed E-state index contributed by atoms with van der Waals surface area (Å²) in [5.74, 6) is -0.0972. The van der Waals surface area contributed by atoms with Crippen LogP contribution in [0.5, 0.6) is 0 Å². The van der Waals surface area contributed by atoms with Gasteiger partial charge in [0.25, 0.3) is 0 Å². The molecule has 0 aromatic rings. The standard InChI is InChI=1S/C10H21NO3/c1-8(7-12)5-11-6-9(13)14-10(2,3)4/h8,11-12H,5-7H2,1-4H3/t8-/m0/s1. The number of aliphatic hydroxyl groups is 1. The number of nitrogens with one attached hydrogen (secondary N) is 1. The van der Waals surface area contributed by atoms with E-state index in [1.54, 1.807) is 0 Å². The summed E-state index contributed by atoms with van der Waals surface area (Å²) in [5, 5.41) is 11.7. The molecule has 0 heterocycles. The molecule has 0 saturated carbocycles. The third kappa shape index (κ3) is 8.01. The predicted octanol–water partition coefficient (Wildman–Crippen LogP) is 0.546. The van der Waals surface area contributed by atoms with Gasteiger partial charge in [-0.3, -0.25) is 4.79 Å². The van der Waals surface area contributed by atoms with Gasteiger partial charge in [0.15, 0.2) is 0 Å². The lowest BCUT2D eigenvalue weighted by Gasteiger charge is -2.19. The Morgan fingerprint density at radius 3 is 2.50 bits per heavy atom. The van der Waals surface area contributed by atoms with Gasteiger partial charge >= 0.3 is 5.97 Å². The van der Waals surface area contributed by atoms with Crippen LogP contribution in [0.4, 0.5) is 0 Å². The number of hydrogen-bond donors (Lipinski definition) is 2. The highest BCUT2D eigenvalue weighted by Crippen LogP contribution is 2.06. The van der Waals surface area contributed by atoms with Crippen molar-refractivity contribution in [1.82, 2.24) is 5.32 Å². The number of esters is 1. The Morgan fingerprint density at radius 1 is 1.50 bits per heavy atom. The molecular weight excluding hydrogens is 182 g/mol. The zero-order valence-corrected chi connectivity index (χ0v) is 9.46. The van der Waals surface area contributed by atoms with Gasteiger partial charge in [0, 0.05) is 13.2 Å². The lowest BCUT2D eigenvalue weighted by Crippen LogP contribution is -2.33. The van der Waals surface area contributed by atoms with Crippen molar-refractivity contribution >= 4 is 5.97 Å². The highest BCUT2D eigenvalue weighted by Gasteiger charge is 2.15. The normalized spacial score (nSPS) is 13.8. The maximum absolute atomic E-state index is 11.2. The molecule has 4 heteroatoms. The van der Waals surface area contributed by atoms with Crippen molar-refractivity contribution in [3.8, 4) is 0 Å². The number of ether oxygens (including phenoxy) is 1. The SMILES string of the molecule is C[C@H](CO)CNCC(=O)OC(C)(C)C. The summed E-state index contributed by atoms with van der Waals surface area (Å²) >= 11 is 0. The molecule has 0 rings (SSSR count). The summed E-state index contributed by atoms with van der Waals surface area (Å²) in [4.78, 5) is 11.2. The second kappa shape index (κ2) is 5.98. The van der Waals surface area contributed by atoms with Gasteiger partial charge in [-0.15, -0.1) is 0 Å². The van der Waals surface area contributed by atoms with Gasteiger partial charge < -0.3 is 15.2 Å². The third-order valence-electron chi connectivity index (χ3n) is 1.49. The largest absolute Gasteiger partial charge is 0.459 e. The molecule has 0 aliphatic rings. The molecule has 84 valence electrons. The minimum absolute atomic E-state index is 0.126. The number of rotatable bonds is 5. The number of hydrogen-bond acceptors (Lipinski definition) is 4. The zero-order valence-electron chi connectivity index (χ0n) is 9.46. The van der Waals surface area contributed by atoms with Gasteiger partial charge in [0.05, 0.1) is 6.54 Å². The predicted molar refractivity (Wildman–Crippen MR) is 55.0 cm³/mol. The molecular formula is C10H21NO3. The van der Waals surface area contributed by atoms with Crippen LogP contribution >= 0.6 is 0 Å². The van der Waals surface area contributed by atoms with Gasteiger partial charge in [-0.2, -0.15) is 0 Å². The van der Waals surface area contributed by atoms with Gasteiger partial charge in [-0.25, -0.2) is 0 Å². The first kappa shape index (κ1) is 13.4. The summed E-state index contributed by atoms with van der Waals surface area (Å²) in [7, 11) is 0. The molecule has 0 spiro atoms. The highest BCUT2D eigenvalue weighted by atomic mass is 16.6. The van der Waals surface area contributed by atoms with Crippen molar-refractivity contribution in [3.05, 3.63) is 0 Å². The Kier molecular flexibility index (Phi) is 5.72. The quantitative estimate of drug-likeness (QED) is 0.640. The fourth-order valence-electron chi connectivity index (χ4n) is 0.863. The van der Waals surface area contributed by atoms with Crippen LogP contribution in [-0.4, -0.2) is 36.4 Å². The van der Waals surface area contributed by atoms with Gasteiger partial charge in [0.1, 0.15) is 5.60 Å². The van der Waals surface area contributed by atoms with E-state index in [0.717, 1.165) is 0 Å². The molecule has 0 aliphatic heterocycles. The fourth-order valence-corrected chi connectivity index (χ4v) is 0.863. The highest BCUT2D eigenvalue weighted by molar-refractivity contribution is 5.72. The first-order chi connectivity index (χ1) is 6.35. The van der Waals surface area contributed by atoms with E-state index in [0.29, 0.717) is 6.54 Å². The Labute approximate surface area is 85.6 Å². The lowest BCUT2D eigenvalue weighted by atomic mass is 10.2. The summed E-state index contributed by atoms with van der Waals surface area (Å²) in [5.41, 5.74) is -0.429. The first-order valence-corrected chi connectivity index (χ1v) is 4.88. The monoisotopic (exact) mass is 203 g/mol. The molecule has 0 aliphatic carbocycles. The van der Waals surface area contributed by atoms with Crippen LogP contribution in [0.2, 0.25) is 0 Å². The van der Waals surface area contributed by atoms with Crippen molar-refractivity contribution < 1.29 is 14.6 Å². The molecule has 0 aromatic heterocycles. The van der Waals surface area contributed by atoms with Crippen LogP contribution in [0, 0.1) is 5.92 Å². The van der Waals surface area contributed by atoms with E-state index in [1.807, 2.05) is 27.7 Å². The van der Waals surface area contributed by atoms with Crippen molar-refractivity contribution in [1.29, 1.82) is 0 Å². The average Bonchev–Trinajstić information content (AvgIpc) is 2.00. The molecule has 0 unspecified atom stereocenters. The third-order valence-corrected chi connectivity index (χ3v) is 1.49. The van der Waals surface area contributed by atoms with E-state index in [9.17, 15) is 4.79 Å². The topological polar surface area (TPSA) is 58.6 Å². The molecule has 2 N–H and O–H groups in total. The van der Waals surface area contributed by atoms with E-state index in [1.165, 1.54) is 0 Å². The average molecular weight is 203 g/mol. The van der Waals surface area contributed by atoms with Gasteiger partial charge in [-0.05, 0) is 26.7 Å². The molecule has 0 bridgehead atoms. The maximum atomic E-state index is 11.2. The number of carbonyl (C=O) groups is 1. The molecule has 0 amide bonds. The first-order valence-electron chi connectivity index (χ1n) is 4.88. The molecule has 0 aromatic carbocycles. The van der Waals surface area contributed by atoms with E-state index in [2.05, 4.69) is 5.32 Å². The van der Waals surface area contributed by atoms with Crippen LogP contribution in [0.1, 0.15) is 27.7 Å². The molecule has 0 fully saturated rings. The lowest BCUT2D eigenvalue weighted by molar-refractivity contribution is -0.153. The van der Waals surface area contributed by atoms with Crippen molar-refractivity contribution in [2.75, 3.05) is 19.7 Å². The molecule has 4 nitrogen and oxygen atoms in total. The van der Waals surface area contributed by atoms with E-state index in [4.69, 9.17) is 9.84 Å². The van der Waals surface area contributed by atoms with E-state index < -0.39 is 5.60 Å². The molecule has 0 saturated heterocycles. The maximum Gasteiger partial charge on any atom is 0.320 e. The van der Waals surface area contributed by atoms with Gasteiger partial charge in [-0.1, -0.05) is 6.92 Å². The Morgan fingerprint density at radius 2 is 2.07 bits per heavy atom. The fraction of sp³-hybridized carbons (Fsp3) is 0.900. The Hall–Kier alpha value is -0.610. The second-order valence-corrected chi connectivity index (χ2v) is 4.51. The van der Waals surface area contributed by atoms with Crippen molar-refractivity contribution in [2.45, 2.75) is 33.3 Å². The van der Waals surface area contributed by atoms with E-state index >= 15 is 0 Å². The number of aliphatic hydroxyl groups excluding tert-OH is 1. The van der Waals surface area contributed by atoms with Gasteiger partial charge in [0.2, 0.25) is 0 Å². The van der Waals surface area contributed by atoms with Crippen molar-refractivity contribution in [3.63, 3.8) is 0 Å². The zero-order chi connectivity index (χ0) is 11.2. The smallest absolute Gasteiger partial charge is 0.320 e. The molecule has 14 heavy (non-hydrogen) atoms. The summed E-state index contributed by atoms with van der Waals surface area (Å²) in [6.45, 7) is 8.35. The van der Waals surface area contributed by atoms with E-state index in [-0.39, 0.29) is 25.0 Å².